The van der Waals surface area contributed by atoms with E-state index in [2.05, 4.69) is 0 Å². The highest BCUT2D eigenvalue weighted by Gasteiger charge is 2.31. The molecule has 2 rings (SSSR count). The van der Waals surface area contributed by atoms with Crippen LogP contribution in [-0.2, 0) is 4.74 Å². The summed E-state index contributed by atoms with van der Waals surface area (Å²) < 4.78 is 5.51. The van der Waals surface area contributed by atoms with Crippen LogP contribution in [-0.4, -0.2) is 23.1 Å². The van der Waals surface area contributed by atoms with Gasteiger partial charge in [-0.25, -0.2) is 4.79 Å². The Hall–Kier alpha value is -1.22. The van der Waals surface area contributed by atoms with E-state index in [1.807, 2.05) is 49.9 Å². The van der Waals surface area contributed by atoms with Crippen LogP contribution >= 0.6 is 11.6 Å². The first-order valence-corrected chi connectivity index (χ1v) is 7.50. The molecule has 0 radical (unpaired) electrons. The summed E-state index contributed by atoms with van der Waals surface area (Å²) in [6.07, 6.45) is 2.91. The van der Waals surface area contributed by atoms with Gasteiger partial charge in [-0.3, -0.25) is 0 Å². The molecule has 0 N–H and O–H groups in total. The number of nitrogens with zero attached hydrogens (tertiary/aromatic N) is 1. The molecule has 1 aliphatic rings. The van der Waals surface area contributed by atoms with Gasteiger partial charge in [0.25, 0.3) is 0 Å². The fourth-order valence-electron chi connectivity index (χ4n) is 2.50. The number of hydrogen-bond donors (Lipinski definition) is 0. The number of amides is 1. The van der Waals surface area contributed by atoms with Gasteiger partial charge in [-0.1, -0.05) is 23.7 Å². The lowest BCUT2D eigenvalue weighted by Crippen LogP contribution is -2.41. The zero-order valence-electron chi connectivity index (χ0n) is 12.4. The van der Waals surface area contributed by atoms with Gasteiger partial charge in [0.2, 0.25) is 0 Å². The van der Waals surface area contributed by atoms with Gasteiger partial charge in [-0.05, 0) is 57.7 Å². The third-order valence-electron chi connectivity index (χ3n) is 3.39. The second-order valence-corrected chi connectivity index (χ2v) is 6.67. The molecule has 110 valence electrons. The average molecular weight is 296 g/mol. The predicted molar refractivity (Wildman–Crippen MR) is 81.0 cm³/mol. The number of carbonyl (C=O) groups excluding carboxylic acids is 1. The van der Waals surface area contributed by atoms with Gasteiger partial charge in [0.1, 0.15) is 5.60 Å². The summed E-state index contributed by atoms with van der Waals surface area (Å²) in [5.41, 5.74) is 0.666. The number of carbonyl (C=O) groups is 1. The van der Waals surface area contributed by atoms with Gasteiger partial charge < -0.3 is 9.64 Å². The molecule has 0 aliphatic carbocycles. The lowest BCUT2D eigenvalue weighted by molar-refractivity contribution is 0.00952. The van der Waals surface area contributed by atoms with Crippen molar-refractivity contribution in [1.29, 1.82) is 0 Å². The molecule has 20 heavy (non-hydrogen) atoms. The summed E-state index contributed by atoms with van der Waals surface area (Å²) in [6, 6.07) is 7.83. The van der Waals surface area contributed by atoms with Crippen molar-refractivity contribution >= 4 is 17.7 Å². The predicted octanol–water partition coefficient (Wildman–Crippen LogP) is 4.80. The van der Waals surface area contributed by atoms with E-state index in [1.54, 1.807) is 0 Å². The standard InChI is InChI=1S/C16H22ClNO2/c1-16(2,3)20-15(19)18-11-5-4-6-14(18)12-7-9-13(17)10-8-12/h7-10,14H,4-6,11H2,1-3H3/t14-/m0/s1. The summed E-state index contributed by atoms with van der Waals surface area (Å²) in [5.74, 6) is 0. The summed E-state index contributed by atoms with van der Waals surface area (Å²) in [6.45, 7) is 6.44. The molecule has 1 aliphatic heterocycles. The molecule has 1 amide bonds. The first kappa shape index (κ1) is 15.2. The van der Waals surface area contributed by atoms with E-state index >= 15 is 0 Å². The van der Waals surface area contributed by atoms with Crippen molar-refractivity contribution in [2.24, 2.45) is 0 Å². The average Bonchev–Trinajstić information content (AvgIpc) is 2.38. The fourth-order valence-corrected chi connectivity index (χ4v) is 2.63. The topological polar surface area (TPSA) is 29.5 Å². The maximum absolute atomic E-state index is 12.3. The van der Waals surface area contributed by atoms with Gasteiger partial charge in [-0.15, -0.1) is 0 Å². The second-order valence-electron chi connectivity index (χ2n) is 6.24. The van der Waals surface area contributed by atoms with Crippen molar-refractivity contribution < 1.29 is 9.53 Å². The first-order valence-electron chi connectivity index (χ1n) is 7.12. The molecule has 0 saturated carbocycles. The zero-order chi connectivity index (χ0) is 14.8. The smallest absolute Gasteiger partial charge is 0.410 e. The molecule has 0 aromatic heterocycles. The van der Waals surface area contributed by atoms with E-state index in [1.165, 1.54) is 0 Å². The van der Waals surface area contributed by atoms with Crippen molar-refractivity contribution in [2.75, 3.05) is 6.54 Å². The molecule has 0 spiro atoms. The molecular formula is C16H22ClNO2. The highest BCUT2D eigenvalue weighted by molar-refractivity contribution is 6.30. The van der Waals surface area contributed by atoms with Gasteiger partial charge in [0.15, 0.2) is 0 Å². The van der Waals surface area contributed by atoms with E-state index < -0.39 is 5.60 Å². The minimum atomic E-state index is -0.459. The Morgan fingerprint density at radius 2 is 1.90 bits per heavy atom. The maximum atomic E-state index is 12.3. The van der Waals surface area contributed by atoms with Crippen molar-refractivity contribution in [3.05, 3.63) is 34.9 Å². The third kappa shape index (κ3) is 3.89. The zero-order valence-corrected chi connectivity index (χ0v) is 13.1. The number of benzene rings is 1. The highest BCUT2D eigenvalue weighted by Crippen LogP contribution is 2.32. The van der Waals surface area contributed by atoms with E-state index in [-0.39, 0.29) is 12.1 Å². The molecule has 1 fully saturated rings. The van der Waals surface area contributed by atoms with Crippen molar-refractivity contribution in [1.82, 2.24) is 4.90 Å². The number of halogens is 1. The van der Waals surface area contributed by atoms with E-state index in [4.69, 9.17) is 16.3 Å². The summed E-state index contributed by atoms with van der Waals surface area (Å²) in [5, 5.41) is 0.716. The Balaban J connectivity index is 2.16. The minimum absolute atomic E-state index is 0.0934. The van der Waals surface area contributed by atoms with Crippen LogP contribution in [0.4, 0.5) is 4.79 Å². The van der Waals surface area contributed by atoms with Gasteiger partial charge in [0.05, 0.1) is 6.04 Å². The van der Waals surface area contributed by atoms with Crippen molar-refractivity contribution in [3.63, 3.8) is 0 Å². The highest BCUT2D eigenvalue weighted by atomic mass is 35.5. The van der Waals surface area contributed by atoms with Crippen molar-refractivity contribution in [2.45, 2.75) is 51.7 Å². The number of ether oxygens (including phenoxy) is 1. The van der Waals surface area contributed by atoms with Gasteiger partial charge in [-0.2, -0.15) is 0 Å². The number of piperidine rings is 1. The van der Waals surface area contributed by atoms with E-state index in [9.17, 15) is 4.79 Å². The van der Waals surface area contributed by atoms with Crippen LogP contribution in [0, 0.1) is 0 Å². The van der Waals surface area contributed by atoms with E-state index in [0.29, 0.717) is 5.02 Å². The van der Waals surface area contributed by atoms with Crippen LogP contribution < -0.4 is 0 Å². The monoisotopic (exact) mass is 295 g/mol. The molecule has 0 bridgehead atoms. The Kier molecular flexibility index (Phi) is 4.59. The maximum Gasteiger partial charge on any atom is 0.410 e. The van der Waals surface area contributed by atoms with Gasteiger partial charge in [0, 0.05) is 11.6 Å². The molecule has 1 aromatic carbocycles. The molecule has 4 heteroatoms. The molecule has 0 unspecified atom stereocenters. The second kappa shape index (κ2) is 6.04. The molecule has 1 atom stereocenters. The summed E-state index contributed by atoms with van der Waals surface area (Å²) in [7, 11) is 0. The van der Waals surface area contributed by atoms with Gasteiger partial charge >= 0.3 is 6.09 Å². The molecule has 1 heterocycles. The Morgan fingerprint density at radius 1 is 1.25 bits per heavy atom. The summed E-state index contributed by atoms with van der Waals surface area (Å²) >= 11 is 5.93. The Labute approximate surface area is 125 Å². The van der Waals surface area contributed by atoms with Crippen LogP contribution in [0.5, 0.6) is 0 Å². The molecule has 3 nitrogen and oxygen atoms in total. The lowest BCUT2D eigenvalue weighted by Gasteiger charge is -2.37. The van der Waals surface area contributed by atoms with Crippen LogP contribution in [0.1, 0.15) is 51.6 Å². The number of likely N-dealkylation sites (tertiary alicyclic amines) is 1. The SMILES string of the molecule is CC(C)(C)OC(=O)N1CCCC[C@H]1c1ccc(Cl)cc1. The normalized spacial score (nSPS) is 19.8. The minimum Gasteiger partial charge on any atom is -0.444 e. The largest absolute Gasteiger partial charge is 0.444 e. The van der Waals surface area contributed by atoms with Crippen LogP contribution in [0.3, 0.4) is 0 Å². The quantitative estimate of drug-likeness (QED) is 0.744. The third-order valence-corrected chi connectivity index (χ3v) is 3.64. The number of hydrogen-bond acceptors (Lipinski definition) is 2. The van der Waals surface area contributed by atoms with Crippen LogP contribution in [0.2, 0.25) is 5.02 Å². The van der Waals surface area contributed by atoms with Crippen molar-refractivity contribution in [3.8, 4) is 0 Å². The molecule has 1 saturated heterocycles. The summed E-state index contributed by atoms with van der Waals surface area (Å²) in [4.78, 5) is 14.2. The Bertz CT molecular complexity index is 464. The first-order chi connectivity index (χ1) is 9.37. The lowest BCUT2D eigenvalue weighted by atomic mass is 9.96. The number of rotatable bonds is 1. The molecular weight excluding hydrogens is 274 g/mol. The van der Waals surface area contributed by atoms with Crippen LogP contribution in [0.25, 0.3) is 0 Å². The van der Waals surface area contributed by atoms with Crippen LogP contribution in [0.15, 0.2) is 24.3 Å². The van der Waals surface area contributed by atoms with E-state index in [0.717, 1.165) is 31.4 Å². The molecule has 1 aromatic rings. The Morgan fingerprint density at radius 3 is 2.50 bits per heavy atom. The fraction of sp³-hybridized carbons (Fsp3) is 0.562.